The average Bonchev–Trinajstić information content (AvgIpc) is 2.04. The minimum Gasteiger partial charge on any atom is -0.395 e. The molecule has 0 aliphatic rings. The van der Waals surface area contributed by atoms with Gasteiger partial charge in [0, 0.05) is 0 Å². The molecule has 0 spiro atoms. The molecule has 0 radical (unpaired) electrons. The summed E-state index contributed by atoms with van der Waals surface area (Å²) < 4.78 is 12.4. The van der Waals surface area contributed by atoms with Gasteiger partial charge in [0.15, 0.2) is 0 Å². The number of hydrogen-bond acceptors (Lipinski definition) is 1. The molecule has 1 aromatic rings. The number of nitrogens with two attached hydrogens (primary N) is 1. The minimum atomic E-state index is -0.470. The summed E-state index contributed by atoms with van der Waals surface area (Å²) in [5.41, 5.74) is 5.19. The molecule has 0 aliphatic heterocycles. The van der Waals surface area contributed by atoms with E-state index in [1.807, 2.05) is 13.8 Å². The standard InChI is InChI=1S/C6H5ClFN.C2H6/c7-4-2-1-3-5(8)6(4)9;1-2/h1-3H,9H2;1-2H3. The van der Waals surface area contributed by atoms with Gasteiger partial charge in [0.05, 0.1) is 10.7 Å². The molecule has 0 fully saturated rings. The van der Waals surface area contributed by atoms with E-state index in [2.05, 4.69) is 0 Å². The first-order valence-corrected chi connectivity index (χ1v) is 3.79. The van der Waals surface area contributed by atoms with E-state index in [4.69, 9.17) is 17.3 Å². The fraction of sp³-hybridized carbons (Fsp3) is 0.250. The molecular weight excluding hydrogens is 165 g/mol. The molecule has 11 heavy (non-hydrogen) atoms. The number of rotatable bonds is 0. The lowest BCUT2D eigenvalue weighted by molar-refractivity contribution is 0.632. The van der Waals surface area contributed by atoms with Crippen molar-refractivity contribution in [3.05, 3.63) is 29.0 Å². The van der Waals surface area contributed by atoms with E-state index in [1.54, 1.807) is 6.07 Å². The molecule has 0 saturated carbocycles. The molecule has 0 amide bonds. The van der Waals surface area contributed by atoms with E-state index in [1.165, 1.54) is 12.1 Å². The van der Waals surface area contributed by atoms with Crippen molar-refractivity contribution >= 4 is 17.3 Å². The van der Waals surface area contributed by atoms with Crippen LogP contribution in [0.2, 0.25) is 5.02 Å². The molecule has 0 heterocycles. The van der Waals surface area contributed by atoms with Crippen molar-refractivity contribution in [3.63, 3.8) is 0 Å². The predicted molar refractivity (Wildman–Crippen MR) is 47.2 cm³/mol. The second-order valence-corrected chi connectivity index (χ2v) is 2.04. The molecule has 3 heteroatoms. The van der Waals surface area contributed by atoms with Gasteiger partial charge in [-0.15, -0.1) is 0 Å². The van der Waals surface area contributed by atoms with Crippen LogP contribution in [0, 0.1) is 5.82 Å². The predicted octanol–water partition coefficient (Wildman–Crippen LogP) is 3.09. The van der Waals surface area contributed by atoms with Crippen molar-refractivity contribution in [2.24, 2.45) is 0 Å². The number of anilines is 1. The third-order valence-electron chi connectivity index (χ3n) is 1.000. The average molecular weight is 176 g/mol. The van der Waals surface area contributed by atoms with Crippen molar-refractivity contribution < 1.29 is 4.39 Å². The zero-order valence-electron chi connectivity index (χ0n) is 6.57. The Morgan fingerprint density at radius 3 is 2.27 bits per heavy atom. The van der Waals surface area contributed by atoms with E-state index in [0.29, 0.717) is 0 Å². The summed E-state index contributed by atoms with van der Waals surface area (Å²) in [5.74, 6) is -0.470. The van der Waals surface area contributed by atoms with Crippen molar-refractivity contribution in [3.8, 4) is 0 Å². The van der Waals surface area contributed by atoms with Crippen LogP contribution in [0.3, 0.4) is 0 Å². The van der Waals surface area contributed by atoms with Gasteiger partial charge >= 0.3 is 0 Å². The largest absolute Gasteiger partial charge is 0.395 e. The van der Waals surface area contributed by atoms with Crippen LogP contribution in [0.15, 0.2) is 18.2 Å². The molecule has 2 N–H and O–H groups in total. The van der Waals surface area contributed by atoms with Gasteiger partial charge in [0.2, 0.25) is 0 Å². The quantitative estimate of drug-likeness (QED) is 0.603. The van der Waals surface area contributed by atoms with Gasteiger partial charge in [0.25, 0.3) is 0 Å². The van der Waals surface area contributed by atoms with Crippen LogP contribution >= 0.6 is 11.6 Å². The van der Waals surface area contributed by atoms with Crippen LogP contribution in [0.5, 0.6) is 0 Å². The molecule has 1 rings (SSSR count). The Labute approximate surface area is 71.0 Å². The summed E-state index contributed by atoms with van der Waals surface area (Å²) in [6.07, 6.45) is 0. The van der Waals surface area contributed by atoms with E-state index in [9.17, 15) is 4.39 Å². The lowest BCUT2D eigenvalue weighted by atomic mass is 10.3. The van der Waals surface area contributed by atoms with Gasteiger partial charge in [-0.05, 0) is 12.1 Å². The summed E-state index contributed by atoms with van der Waals surface area (Å²) in [6, 6.07) is 4.31. The Kier molecular flexibility index (Phi) is 4.62. The van der Waals surface area contributed by atoms with Crippen molar-refractivity contribution in [2.75, 3.05) is 5.73 Å². The molecule has 0 aliphatic carbocycles. The highest BCUT2D eigenvalue weighted by Crippen LogP contribution is 2.19. The molecule has 1 aromatic carbocycles. The lowest BCUT2D eigenvalue weighted by Crippen LogP contribution is -1.89. The molecular formula is C8H11ClFN. The van der Waals surface area contributed by atoms with E-state index >= 15 is 0 Å². The van der Waals surface area contributed by atoms with Gasteiger partial charge in [-0.3, -0.25) is 0 Å². The fourth-order valence-electron chi connectivity index (χ4n) is 0.511. The van der Waals surface area contributed by atoms with Crippen LogP contribution in [-0.4, -0.2) is 0 Å². The van der Waals surface area contributed by atoms with Gasteiger partial charge in [-0.1, -0.05) is 31.5 Å². The van der Waals surface area contributed by atoms with Crippen molar-refractivity contribution in [1.29, 1.82) is 0 Å². The Bertz CT molecular complexity index is 205. The molecule has 0 bridgehead atoms. The number of benzene rings is 1. The second-order valence-electron chi connectivity index (χ2n) is 1.64. The highest BCUT2D eigenvalue weighted by Gasteiger charge is 1.98. The van der Waals surface area contributed by atoms with Crippen LogP contribution in [-0.2, 0) is 0 Å². The van der Waals surface area contributed by atoms with E-state index in [0.717, 1.165) is 0 Å². The summed E-state index contributed by atoms with van der Waals surface area (Å²) in [4.78, 5) is 0. The molecule has 0 saturated heterocycles. The first-order valence-electron chi connectivity index (χ1n) is 3.41. The number of nitrogen functional groups attached to an aromatic ring is 1. The summed E-state index contributed by atoms with van der Waals surface area (Å²) in [7, 11) is 0. The lowest BCUT2D eigenvalue weighted by Gasteiger charge is -1.95. The normalized spacial score (nSPS) is 8.36. The Morgan fingerprint density at radius 2 is 1.91 bits per heavy atom. The Morgan fingerprint density at radius 1 is 1.36 bits per heavy atom. The zero-order chi connectivity index (χ0) is 8.85. The molecule has 0 aromatic heterocycles. The van der Waals surface area contributed by atoms with Gasteiger partial charge in [0.1, 0.15) is 5.82 Å². The minimum absolute atomic E-state index is 0.0131. The van der Waals surface area contributed by atoms with Crippen LogP contribution in [0.1, 0.15) is 13.8 Å². The first kappa shape index (κ1) is 10.2. The summed E-state index contributed by atoms with van der Waals surface area (Å²) in [6.45, 7) is 4.00. The van der Waals surface area contributed by atoms with Gasteiger partial charge < -0.3 is 5.73 Å². The maximum Gasteiger partial charge on any atom is 0.147 e. The van der Waals surface area contributed by atoms with E-state index < -0.39 is 5.82 Å². The molecule has 0 atom stereocenters. The Hall–Kier alpha value is -0.760. The molecule has 0 unspecified atom stereocenters. The summed E-state index contributed by atoms with van der Waals surface area (Å²) in [5, 5.41) is 0.259. The topological polar surface area (TPSA) is 26.0 Å². The van der Waals surface area contributed by atoms with Crippen LogP contribution < -0.4 is 5.73 Å². The molecule has 1 nitrogen and oxygen atoms in total. The summed E-state index contributed by atoms with van der Waals surface area (Å²) >= 11 is 5.45. The Balaban J connectivity index is 0.000000461. The first-order chi connectivity index (χ1) is 5.22. The highest BCUT2D eigenvalue weighted by molar-refractivity contribution is 6.33. The van der Waals surface area contributed by atoms with Gasteiger partial charge in [-0.2, -0.15) is 0 Å². The van der Waals surface area contributed by atoms with Crippen molar-refractivity contribution in [1.82, 2.24) is 0 Å². The second kappa shape index (κ2) is 4.97. The monoisotopic (exact) mass is 175 g/mol. The third kappa shape index (κ3) is 2.76. The van der Waals surface area contributed by atoms with Crippen molar-refractivity contribution in [2.45, 2.75) is 13.8 Å². The SMILES string of the molecule is CC.Nc1c(F)cccc1Cl. The number of halogens is 2. The maximum atomic E-state index is 12.4. The highest BCUT2D eigenvalue weighted by atomic mass is 35.5. The van der Waals surface area contributed by atoms with Crippen LogP contribution in [0.4, 0.5) is 10.1 Å². The smallest absolute Gasteiger partial charge is 0.147 e. The van der Waals surface area contributed by atoms with E-state index in [-0.39, 0.29) is 10.7 Å². The maximum absolute atomic E-state index is 12.4. The van der Waals surface area contributed by atoms with Gasteiger partial charge in [-0.25, -0.2) is 4.39 Å². The zero-order valence-corrected chi connectivity index (χ0v) is 7.32. The number of hydrogen-bond donors (Lipinski definition) is 1. The third-order valence-corrected chi connectivity index (χ3v) is 1.33. The van der Waals surface area contributed by atoms with Crippen LogP contribution in [0.25, 0.3) is 0 Å². The fourth-order valence-corrected chi connectivity index (χ4v) is 0.674. The molecule has 62 valence electrons. The number of para-hydroxylation sites is 1.